The van der Waals surface area contributed by atoms with Crippen LogP contribution in [0, 0.1) is 5.82 Å². The summed E-state index contributed by atoms with van der Waals surface area (Å²) < 4.78 is 19.2. The Labute approximate surface area is 104 Å². The highest BCUT2D eigenvalue weighted by Gasteiger charge is 2.32. The SMILES string of the molecule is C=CCC(C)(O[Si](C)(C)C)c1ccc(F)cc1. The molecule has 94 valence electrons. The van der Waals surface area contributed by atoms with E-state index in [1.165, 1.54) is 12.1 Å². The number of benzene rings is 1. The fraction of sp³-hybridized carbons (Fsp3) is 0.429. The average Bonchev–Trinajstić information content (AvgIpc) is 2.15. The van der Waals surface area contributed by atoms with Gasteiger partial charge in [0.25, 0.3) is 0 Å². The van der Waals surface area contributed by atoms with E-state index in [0.717, 1.165) is 12.0 Å². The van der Waals surface area contributed by atoms with Gasteiger partial charge in [0.2, 0.25) is 0 Å². The molecule has 0 saturated heterocycles. The van der Waals surface area contributed by atoms with Crippen molar-refractivity contribution < 1.29 is 8.82 Å². The Hall–Kier alpha value is -0.933. The second-order valence-electron chi connectivity index (χ2n) is 5.44. The summed E-state index contributed by atoms with van der Waals surface area (Å²) in [5, 5.41) is 0. The van der Waals surface area contributed by atoms with Crippen LogP contribution in [0.5, 0.6) is 0 Å². The lowest BCUT2D eigenvalue weighted by molar-refractivity contribution is 0.0817. The lowest BCUT2D eigenvalue weighted by Crippen LogP contribution is -2.38. The van der Waals surface area contributed by atoms with E-state index in [4.69, 9.17) is 4.43 Å². The van der Waals surface area contributed by atoms with E-state index < -0.39 is 13.9 Å². The Kier molecular flexibility index (Phi) is 4.28. The third kappa shape index (κ3) is 4.09. The third-order valence-electron chi connectivity index (χ3n) is 2.52. The molecule has 0 aliphatic heterocycles. The van der Waals surface area contributed by atoms with Gasteiger partial charge in [0.05, 0.1) is 5.60 Å². The Balaban J connectivity index is 3.06. The van der Waals surface area contributed by atoms with Crippen molar-refractivity contribution in [3.63, 3.8) is 0 Å². The average molecular weight is 252 g/mol. The van der Waals surface area contributed by atoms with Gasteiger partial charge >= 0.3 is 0 Å². The van der Waals surface area contributed by atoms with Gasteiger partial charge in [0.1, 0.15) is 5.82 Å². The van der Waals surface area contributed by atoms with Crippen LogP contribution >= 0.6 is 0 Å². The topological polar surface area (TPSA) is 9.23 Å². The molecule has 1 nitrogen and oxygen atoms in total. The van der Waals surface area contributed by atoms with E-state index >= 15 is 0 Å². The first-order valence-electron chi connectivity index (χ1n) is 5.84. The van der Waals surface area contributed by atoms with Crippen molar-refractivity contribution in [1.82, 2.24) is 0 Å². The molecule has 0 saturated carbocycles. The molecule has 0 radical (unpaired) electrons. The first-order valence-corrected chi connectivity index (χ1v) is 9.25. The van der Waals surface area contributed by atoms with Crippen molar-refractivity contribution in [3.05, 3.63) is 48.3 Å². The van der Waals surface area contributed by atoms with E-state index in [1.54, 1.807) is 12.1 Å². The maximum absolute atomic E-state index is 12.9. The molecule has 17 heavy (non-hydrogen) atoms. The zero-order valence-corrected chi connectivity index (χ0v) is 12.1. The van der Waals surface area contributed by atoms with Gasteiger partial charge in [-0.3, -0.25) is 0 Å². The minimum absolute atomic E-state index is 0.220. The van der Waals surface area contributed by atoms with Crippen molar-refractivity contribution >= 4 is 8.32 Å². The molecule has 0 spiro atoms. The van der Waals surface area contributed by atoms with Crippen LogP contribution in [0.25, 0.3) is 0 Å². The molecule has 1 aromatic rings. The lowest BCUT2D eigenvalue weighted by atomic mass is 9.93. The number of hydrogen-bond acceptors (Lipinski definition) is 1. The smallest absolute Gasteiger partial charge is 0.184 e. The summed E-state index contributed by atoms with van der Waals surface area (Å²) in [6.45, 7) is 12.3. The molecule has 1 rings (SSSR count). The Morgan fingerprint density at radius 1 is 1.29 bits per heavy atom. The van der Waals surface area contributed by atoms with Gasteiger partial charge < -0.3 is 4.43 Å². The molecule has 0 aromatic heterocycles. The number of rotatable bonds is 5. The predicted octanol–water partition coefficient (Wildman–Crippen LogP) is 4.47. The maximum Gasteiger partial charge on any atom is 0.184 e. The molecule has 0 N–H and O–H groups in total. The monoisotopic (exact) mass is 252 g/mol. The van der Waals surface area contributed by atoms with Crippen molar-refractivity contribution in [2.75, 3.05) is 0 Å². The zero-order chi connectivity index (χ0) is 13.1. The summed E-state index contributed by atoms with van der Waals surface area (Å²) in [5.41, 5.74) is 0.598. The third-order valence-corrected chi connectivity index (χ3v) is 3.58. The van der Waals surface area contributed by atoms with Gasteiger partial charge in [-0.2, -0.15) is 0 Å². The van der Waals surface area contributed by atoms with Gasteiger partial charge in [-0.1, -0.05) is 18.2 Å². The highest BCUT2D eigenvalue weighted by atomic mass is 28.4. The van der Waals surface area contributed by atoms with Crippen molar-refractivity contribution in [2.45, 2.75) is 38.6 Å². The summed E-state index contributed by atoms with van der Waals surface area (Å²) >= 11 is 0. The highest BCUT2D eigenvalue weighted by Crippen LogP contribution is 2.32. The molecule has 0 fully saturated rings. The van der Waals surface area contributed by atoms with Crippen LogP contribution in [-0.2, 0) is 10.0 Å². The molecule has 0 amide bonds. The molecular formula is C14H21FOSi. The van der Waals surface area contributed by atoms with Crippen LogP contribution in [-0.4, -0.2) is 8.32 Å². The molecule has 0 bridgehead atoms. The minimum atomic E-state index is -1.67. The Morgan fingerprint density at radius 3 is 2.24 bits per heavy atom. The van der Waals surface area contributed by atoms with Crippen molar-refractivity contribution in [2.24, 2.45) is 0 Å². The van der Waals surface area contributed by atoms with Gasteiger partial charge in [0.15, 0.2) is 8.32 Å². The van der Waals surface area contributed by atoms with Gasteiger partial charge in [-0.15, -0.1) is 6.58 Å². The van der Waals surface area contributed by atoms with E-state index in [0.29, 0.717) is 0 Å². The summed E-state index contributed by atoms with van der Waals surface area (Å²) in [6.07, 6.45) is 2.58. The van der Waals surface area contributed by atoms with E-state index in [1.807, 2.05) is 13.0 Å². The van der Waals surface area contributed by atoms with Crippen molar-refractivity contribution in [1.29, 1.82) is 0 Å². The molecule has 1 unspecified atom stereocenters. The second kappa shape index (κ2) is 5.15. The second-order valence-corrected chi connectivity index (χ2v) is 9.87. The molecule has 1 aromatic carbocycles. The predicted molar refractivity (Wildman–Crippen MR) is 73.0 cm³/mol. The van der Waals surface area contributed by atoms with Crippen LogP contribution in [0.15, 0.2) is 36.9 Å². The molecule has 1 atom stereocenters. The quantitative estimate of drug-likeness (QED) is 0.555. The standard InChI is InChI=1S/C14H21FOSi/c1-6-11-14(2,16-17(3,4)5)12-7-9-13(15)10-8-12/h6-10H,1,11H2,2-5H3. The fourth-order valence-electron chi connectivity index (χ4n) is 1.97. The van der Waals surface area contributed by atoms with E-state index in [-0.39, 0.29) is 5.82 Å². The highest BCUT2D eigenvalue weighted by molar-refractivity contribution is 6.69. The maximum atomic E-state index is 12.9. The number of halogens is 1. The van der Waals surface area contributed by atoms with Crippen LogP contribution in [0.2, 0.25) is 19.6 Å². The Morgan fingerprint density at radius 2 is 1.82 bits per heavy atom. The van der Waals surface area contributed by atoms with Gasteiger partial charge in [-0.25, -0.2) is 4.39 Å². The first kappa shape index (κ1) is 14.1. The van der Waals surface area contributed by atoms with Gasteiger partial charge in [0, 0.05) is 0 Å². The lowest BCUT2D eigenvalue weighted by Gasteiger charge is -2.36. The van der Waals surface area contributed by atoms with Crippen LogP contribution in [0.1, 0.15) is 18.9 Å². The summed E-state index contributed by atoms with van der Waals surface area (Å²) in [6, 6.07) is 6.53. The van der Waals surface area contributed by atoms with Gasteiger partial charge in [-0.05, 0) is 50.7 Å². The summed E-state index contributed by atoms with van der Waals surface area (Å²) in [4.78, 5) is 0. The van der Waals surface area contributed by atoms with E-state index in [2.05, 4.69) is 26.2 Å². The first-order chi connectivity index (χ1) is 7.77. The molecule has 3 heteroatoms. The largest absolute Gasteiger partial charge is 0.408 e. The molecule has 0 aliphatic carbocycles. The van der Waals surface area contributed by atoms with Crippen LogP contribution in [0.3, 0.4) is 0 Å². The zero-order valence-electron chi connectivity index (χ0n) is 11.1. The van der Waals surface area contributed by atoms with Crippen molar-refractivity contribution in [3.8, 4) is 0 Å². The van der Waals surface area contributed by atoms with Crippen LogP contribution in [0.4, 0.5) is 4.39 Å². The number of hydrogen-bond donors (Lipinski definition) is 0. The minimum Gasteiger partial charge on any atom is -0.408 e. The summed E-state index contributed by atoms with van der Waals surface area (Å²) in [5.74, 6) is -0.220. The molecule has 0 heterocycles. The van der Waals surface area contributed by atoms with Crippen LogP contribution < -0.4 is 0 Å². The molecule has 0 aliphatic rings. The fourth-order valence-corrected chi connectivity index (χ4v) is 3.52. The molecular weight excluding hydrogens is 231 g/mol. The Bertz CT molecular complexity index is 380. The normalized spacial score (nSPS) is 15.4. The summed E-state index contributed by atoms with van der Waals surface area (Å²) in [7, 11) is -1.67. The van der Waals surface area contributed by atoms with E-state index in [9.17, 15) is 4.39 Å².